The van der Waals surface area contributed by atoms with E-state index in [2.05, 4.69) is 19.9 Å². The average molecular weight is 260 g/mol. The van der Waals surface area contributed by atoms with Gasteiger partial charge in [-0.2, -0.15) is 0 Å². The van der Waals surface area contributed by atoms with Crippen LogP contribution in [0.1, 0.15) is 39.5 Å². The second-order valence-corrected chi connectivity index (χ2v) is 5.06. The Labute approximate surface area is 109 Å². The van der Waals surface area contributed by atoms with Gasteiger partial charge in [0, 0.05) is 5.70 Å². The highest BCUT2D eigenvalue weighted by Crippen LogP contribution is 2.21. The largest absolute Gasteiger partial charge is 0.360 e. The van der Waals surface area contributed by atoms with E-state index in [1.54, 1.807) is 4.90 Å². The Balaban J connectivity index is 2.54. The summed E-state index contributed by atoms with van der Waals surface area (Å²) < 4.78 is 5.54. The molecule has 0 saturated carbocycles. The molecule has 4 heteroatoms. The lowest BCUT2D eigenvalue weighted by Crippen LogP contribution is -2.34. The third-order valence-electron chi connectivity index (χ3n) is 2.70. The molecule has 0 unspecified atom stereocenters. The van der Waals surface area contributed by atoms with Crippen LogP contribution in [0, 0.1) is 5.92 Å². The van der Waals surface area contributed by atoms with Gasteiger partial charge in [-0.05, 0) is 31.6 Å². The zero-order chi connectivity index (χ0) is 12.7. The number of alkyl halides is 1. The molecule has 0 aromatic rings. The Bertz CT molecular complexity index is 277. The lowest BCUT2D eigenvalue weighted by Gasteiger charge is -2.27. The summed E-state index contributed by atoms with van der Waals surface area (Å²) in [6, 6.07) is 0. The van der Waals surface area contributed by atoms with Crippen molar-refractivity contribution in [2.75, 3.05) is 19.2 Å². The van der Waals surface area contributed by atoms with Gasteiger partial charge in [0.15, 0.2) is 0 Å². The summed E-state index contributed by atoms with van der Waals surface area (Å²) in [4.78, 5) is 13.4. The molecule has 17 heavy (non-hydrogen) atoms. The second kappa shape index (κ2) is 7.72. The lowest BCUT2D eigenvalue weighted by molar-refractivity contribution is -0.131. The van der Waals surface area contributed by atoms with Gasteiger partial charge >= 0.3 is 0 Å². The van der Waals surface area contributed by atoms with Crippen LogP contribution in [0.15, 0.2) is 11.8 Å². The fourth-order valence-corrected chi connectivity index (χ4v) is 1.98. The molecular weight excluding hydrogens is 238 g/mol. The highest BCUT2D eigenvalue weighted by Gasteiger charge is 2.18. The van der Waals surface area contributed by atoms with Crippen molar-refractivity contribution in [1.29, 1.82) is 0 Å². The first-order chi connectivity index (χ1) is 8.15. The van der Waals surface area contributed by atoms with E-state index in [9.17, 15) is 4.79 Å². The minimum atomic E-state index is -0.0661. The van der Waals surface area contributed by atoms with E-state index >= 15 is 0 Å². The van der Waals surface area contributed by atoms with Crippen molar-refractivity contribution in [2.45, 2.75) is 39.5 Å². The number of hydrogen-bond acceptors (Lipinski definition) is 2. The van der Waals surface area contributed by atoms with Crippen LogP contribution >= 0.6 is 11.6 Å². The SMILES string of the molecule is CC(C)COCN(C(=O)CCl)C1=CCCCC1. The molecule has 0 aliphatic heterocycles. The number of carbonyl (C=O) groups is 1. The lowest BCUT2D eigenvalue weighted by atomic mass is 10.0. The Morgan fingerprint density at radius 1 is 1.53 bits per heavy atom. The molecule has 0 radical (unpaired) electrons. The molecule has 3 nitrogen and oxygen atoms in total. The van der Waals surface area contributed by atoms with Crippen molar-refractivity contribution in [3.05, 3.63) is 11.8 Å². The maximum Gasteiger partial charge on any atom is 0.243 e. The molecule has 0 aromatic heterocycles. The third-order valence-corrected chi connectivity index (χ3v) is 2.93. The number of amides is 1. The molecule has 1 rings (SSSR count). The standard InChI is InChI=1S/C13H22ClNO2/c1-11(2)9-17-10-15(13(16)8-14)12-6-4-3-5-7-12/h6,11H,3-5,7-10H2,1-2H3. The topological polar surface area (TPSA) is 29.5 Å². The number of ether oxygens (including phenoxy) is 1. The number of hydrogen-bond donors (Lipinski definition) is 0. The molecule has 1 amide bonds. The molecule has 0 spiro atoms. The summed E-state index contributed by atoms with van der Waals surface area (Å²) in [5.41, 5.74) is 1.07. The second-order valence-electron chi connectivity index (χ2n) is 4.79. The molecule has 0 N–H and O–H groups in total. The summed E-state index contributed by atoms with van der Waals surface area (Å²) in [6.45, 7) is 5.18. The summed E-state index contributed by atoms with van der Waals surface area (Å²) in [5, 5.41) is 0. The van der Waals surface area contributed by atoms with Crippen molar-refractivity contribution >= 4 is 17.5 Å². The highest BCUT2D eigenvalue weighted by atomic mass is 35.5. The van der Waals surface area contributed by atoms with E-state index in [1.807, 2.05) is 0 Å². The van der Waals surface area contributed by atoms with Crippen molar-refractivity contribution in [2.24, 2.45) is 5.92 Å². The Kier molecular flexibility index (Phi) is 6.60. The van der Waals surface area contributed by atoms with Crippen LogP contribution in [0.25, 0.3) is 0 Å². The number of carbonyl (C=O) groups excluding carboxylic acids is 1. The zero-order valence-electron chi connectivity index (χ0n) is 10.7. The number of nitrogens with zero attached hydrogens (tertiary/aromatic N) is 1. The van der Waals surface area contributed by atoms with E-state index in [0.29, 0.717) is 19.3 Å². The van der Waals surface area contributed by atoms with Gasteiger partial charge in [0.05, 0.1) is 6.61 Å². The normalized spacial score (nSPS) is 15.9. The summed E-state index contributed by atoms with van der Waals surface area (Å²) in [5.74, 6) is 0.425. The van der Waals surface area contributed by atoms with Crippen LogP contribution in [0.5, 0.6) is 0 Å². The highest BCUT2D eigenvalue weighted by molar-refractivity contribution is 6.27. The van der Waals surface area contributed by atoms with Crippen molar-refractivity contribution < 1.29 is 9.53 Å². The van der Waals surface area contributed by atoms with Crippen molar-refractivity contribution in [1.82, 2.24) is 4.90 Å². The van der Waals surface area contributed by atoms with Crippen LogP contribution in [-0.4, -0.2) is 30.0 Å². The fourth-order valence-electron chi connectivity index (χ4n) is 1.83. The molecule has 98 valence electrons. The predicted molar refractivity (Wildman–Crippen MR) is 69.8 cm³/mol. The average Bonchev–Trinajstić information content (AvgIpc) is 2.34. The van der Waals surface area contributed by atoms with E-state index in [4.69, 9.17) is 16.3 Å². The van der Waals surface area contributed by atoms with Crippen LogP contribution < -0.4 is 0 Å². The van der Waals surface area contributed by atoms with Crippen LogP contribution in [0.3, 0.4) is 0 Å². The van der Waals surface area contributed by atoms with Crippen molar-refractivity contribution in [3.63, 3.8) is 0 Å². The van der Waals surface area contributed by atoms with E-state index in [0.717, 1.165) is 25.0 Å². The predicted octanol–water partition coefficient (Wildman–Crippen LogP) is 3.14. The Morgan fingerprint density at radius 3 is 2.82 bits per heavy atom. The summed E-state index contributed by atoms with van der Waals surface area (Å²) in [6.07, 6.45) is 6.48. The maximum absolute atomic E-state index is 11.8. The van der Waals surface area contributed by atoms with Gasteiger partial charge < -0.3 is 4.74 Å². The molecule has 0 fully saturated rings. The van der Waals surface area contributed by atoms with Gasteiger partial charge in [-0.3, -0.25) is 9.69 Å². The van der Waals surface area contributed by atoms with Crippen LogP contribution in [0.4, 0.5) is 0 Å². The maximum atomic E-state index is 11.8. The van der Waals surface area contributed by atoms with Gasteiger partial charge in [0.25, 0.3) is 0 Å². The molecule has 0 bridgehead atoms. The third kappa shape index (κ3) is 5.09. The molecular formula is C13H22ClNO2. The molecule has 0 saturated heterocycles. The Hall–Kier alpha value is -0.540. The van der Waals surface area contributed by atoms with Gasteiger partial charge in [-0.15, -0.1) is 11.6 Å². The number of halogens is 1. The molecule has 1 aliphatic rings. The molecule has 1 aliphatic carbocycles. The van der Waals surface area contributed by atoms with Gasteiger partial charge in [-0.25, -0.2) is 0 Å². The summed E-state index contributed by atoms with van der Waals surface area (Å²) >= 11 is 5.63. The first-order valence-electron chi connectivity index (χ1n) is 6.28. The van der Waals surface area contributed by atoms with Gasteiger partial charge in [0.1, 0.15) is 12.6 Å². The molecule has 0 heterocycles. The molecule has 0 aromatic carbocycles. The first kappa shape index (κ1) is 14.5. The monoisotopic (exact) mass is 259 g/mol. The van der Waals surface area contributed by atoms with Gasteiger partial charge in [-0.1, -0.05) is 19.9 Å². The van der Waals surface area contributed by atoms with E-state index in [-0.39, 0.29) is 11.8 Å². The minimum Gasteiger partial charge on any atom is -0.360 e. The number of rotatable bonds is 6. The summed E-state index contributed by atoms with van der Waals surface area (Å²) in [7, 11) is 0. The smallest absolute Gasteiger partial charge is 0.243 e. The van der Waals surface area contributed by atoms with E-state index in [1.165, 1.54) is 6.42 Å². The fraction of sp³-hybridized carbons (Fsp3) is 0.769. The minimum absolute atomic E-state index is 0.0162. The Morgan fingerprint density at radius 2 is 2.29 bits per heavy atom. The first-order valence-corrected chi connectivity index (χ1v) is 6.81. The quantitative estimate of drug-likeness (QED) is 0.542. The van der Waals surface area contributed by atoms with Crippen LogP contribution in [-0.2, 0) is 9.53 Å². The van der Waals surface area contributed by atoms with Crippen molar-refractivity contribution in [3.8, 4) is 0 Å². The van der Waals surface area contributed by atoms with Gasteiger partial charge in [0.2, 0.25) is 5.91 Å². The zero-order valence-corrected chi connectivity index (χ0v) is 11.5. The van der Waals surface area contributed by atoms with E-state index < -0.39 is 0 Å². The number of allylic oxidation sites excluding steroid dienone is 2. The van der Waals surface area contributed by atoms with Crippen LogP contribution in [0.2, 0.25) is 0 Å². The molecule has 0 atom stereocenters.